The normalized spacial score (nSPS) is 11.8. The number of carbonyl (C=O) groups is 1. The van der Waals surface area contributed by atoms with Crippen LogP contribution in [-0.4, -0.2) is 29.3 Å². The monoisotopic (exact) mass is 358 g/mol. The Hall–Kier alpha value is -2.37. The van der Waals surface area contributed by atoms with Gasteiger partial charge in [0.1, 0.15) is 6.04 Å². The number of hydrogen-bond acceptors (Lipinski definition) is 3. The summed E-state index contributed by atoms with van der Waals surface area (Å²) in [6.45, 7) is 0.602. The molecule has 1 aromatic heterocycles. The third-order valence-corrected chi connectivity index (χ3v) is 4.18. The zero-order valence-electron chi connectivity index (χ0n) is 14.4. The summed E-state index contributed by atoms with van der Waals surface area (Å²) in [5, 5.41) is 12.7. The largest absolute Gasteiger partial charge is 0.354 e. The van der Waals surface area contributed by atoms with Gasteiger partial charge in [-0.15, -0.1) is 12.4 Å². The third kappa shape index (κ3) is 4.38. The number of benzene rings is 2. The van der Waals surface area contributed by atoms with Gasteiger partial charge in [-0.05, 0) is 29.8 Å². The summed E-state index contributed by atoms with van der Waals surface area (Å²) in [7, 11) is 3.62. The average Bonchev–Trinajstić information content (AvgIpc) is 3.02. The number of aromatic nitrogens is 2. The number of aryl methyl sites for hydroxylation is 1. The maximum absolute atomic E-state index is 12.4. The van der Waals surface area contributed by atoms with Crippen molar-refractivity contribution in [2.24, 2.45) is 7.05 Å². The van der Waals surface area contributed by atoms with E-state index < -0.39 is 0 Å². The molecule has 3 aromatic rings. The molecule has 0 saturated carbocycles. The van der Waals surface area contributed by atoms with E-state index in [1.807, 2.05) is 25.4 Å². The molecule has 0 fully saturated rings. The quantitative estimate of drug-likeness (QED) is 0.712. The molecule has 5 nitrogen and oxygen atoms in total. The summed E-state index contributed by atoms with van der Waals surface area (Å²) in [6, 6.07) is 14.2. The highest BCUT2D eigenvalue weighted by Crippen LogP contribution is 2.18. The summed E-state index contributed by atoms with van der Waals surface area (Å²) in [6.07, 6.45) is 4.37. The van der Waals surface area contributed by atoms with Crippen molar-refractivity contribution >= 4 is 29.1 Å². The number of rotatable bonds is 6. The van der Waals surface area contributed by atoms with E-state index in [0.29, 0.717) is 6.54 Å². The molecule has 0 radical (unpaired) electrons. The van der Waals surface area contributed by atoms with E-state index in [0.717, 1.165) is 12.0 Å². The smallest absolute Gasteiger partial charge is 0.241 e. The van der Waals surface area contributed by atoms with Gasteiger partial charge < -0.3 is 10.6 Å². The molecule has 0 aliphatic rings. The van der Waals surface area contributed by atoms with Crippen LogP contribution in [0.1, 0.15) is 17.2 Å². The molecule has 1 amide bonds. The first-order chi connectivity index (χ1) is 11.7. The number of halogens is 1. The fraction of sp³-hybridized carbons (Fsp3) is 0.263. The van der Waals surface area contributed by atoms with Gasteiger partial charge in [0.25, 0.3) is 0 Å². The standard InChI is InChI=1S/C19H22N4O.ClH/c1-20-18(16-12-22-23(2)13-16)19(24)21-11-10-15-8-5-7-14-6-3-4-9-17(14)15;/h3-9,12-13,18,20H,10-11H2,1-2H3,(H,21,24);1H. The second kappa shape index (κ2) is 8.65. The molecule has 0 aliphatic carbocycles. The Morgan fingerprint density at radius 1 is 1.20 bits per heavy atom. The number of amides is 1. The Labute approximate surface area is 153 Å². The molecule has 6 heteroatoms. The lowest BCUT2D eigenvalue weighted by molar-refractivity contribution is -0.123. The van der Waals surface area contributed by atoms with E-state index in [2.05, 4.69) is 46.1 Å². The molecule has 1 heterocycles. The van der Waals surface area contributed by atoms with Crippen LogP contribution in [0.15, 0.2) is 54.9 Å². The van der Waals surface area contributed by atoms with E-state index >= 15 is 0 Å². The maximum atomic E-state index is 12.4. The maximum Gasteiger partial charge on any atom is 0.241 e. The number of nitrogens with one attached hydrogen (secondary N) is 2. The Kier molecular flexibility index (Phi) is 6.56. The van der Waals surface area contributed by atoms with Gasteiger partial charge in [0.05, 0.1) is 6.20 Å². The lowest BCUT2D eigenvalue weighted by Gasteiger charge is -2.15. The number of hydrogen-bond donors (Lipinski definition) is 2. The van der Waals surface area contributed by atoms with E-state index in [-0.39, 0.29) is 24.4 Å². The van der Waals surface area contributed by atoms with Crippen LogP contribution in [0.2, 0.25) is 0 Å². The van der Waals surface area contributed by atoms with Gasteiger partial charge in [-0.25, -0.2) is 0 Å². The summed E-state index contributed by atoms with van der Waals surface area (Å²) >= 11 is 0. The van der Waals surface area contributed by atoms with Crippen molar-refractivity contribution in [1.82, 2.24) is 20.4 Å². The van der Waals surface area contributed by atoms with Crippen LogP contribution >= 0.6 is 12.4 Å². The minimum absolute atomic E-state index is 0. The second-order valence-corrected chi connectivity index (χ2v) is 5.85. The lowest BCUT2D eigenvalue weighted by atomic mass is 10.0. The first-order valence-corrected chi connectivity index (χ1v) is 8.09. The lowest BCUT2D eigenvalue weighted by Crippen LogP contribution is -2.36. The second-order valence-electron chi connectivity index (χ2n) is 5.85. The van der Waals surface area contributed by atoms with Crippen molar-refractivity contribution in [2.45, 2.75) is 12.5 Å². The predicted molar refractivity (Wildman–Crippen MR) is 103 cm³/mol. The highest BCUT2D eigenvalue weighted by molar-refractivity contribution is 5.86. The average molecular weight is 359 g/mol. The molecule has 2 N–H and O–H groups in total. The predicted octanol–water partition coefficient (Wildman–Crippen LogP) is 2.61. The van der Waals surface area contributed by atoms with Crippen molar-refractivity contribution in [3.05, 3.63) is 66.0 Å². The van der Waals surface area contributed by atoms with Crippen LogP contribution in [0.5, 0.6) is 0 Å². The number of carbonyl (C=O) groups excluding carboxylic acids is 1. The van der Waals surface area contributed by atoms with Crippen molar-refractivity contribution in [2.75, 3.05) is 13.6 Å². The molecule has 3 rings (SSSR count). The van der Waals surface area contributed by atoms with Crippen LogP contribution in [0.3, 0.4) is 0 Å². The molecular formula is C19H23ClN4O. The van der Waals surface area contributed by atoms with Crippen molar-refractivity contribution in [1.29, 1.82) is 0 Å². The highest BCUT2D eigenvalue weighted by Gasteiger charge is 2.19. The van der Waals surface area contributed by atoms with Crippen molar-refractivity contribution < 1.29 is 4.79 Å². The Morgan fingerprint density at radius 3 is 2.68 bits per heavy atom. The third-order valence-electron chi connectivity index (χ3n) is 4.18. The summed E-state index contributed by atoms with van der Waals surface area (Å²) in [5.74, 6) is -0.0364. The first kappa shape index (κ1) is 19.0. The van der Waals surface area contributed by atoms with Crippen LogP contribution in [0, 0.1) is 0 Å². The molecule has 0 aliphatic heterocycles. The minimum Gasteiger partial charge on any atom is -0.354 e. The Balaban J connectivity index is 0.00000225. The minimum atomic E-state index is -0.383. The molecule has 0 bridgehead atoms. The van der Waals surface area contributed by atoms with Crippen LogP contribution in [0.4, 0.5) is 0 Å². The molecule has 1 atom stereocenters. The molecule has 25 heavy (non-hydrogen) atoms. The van der Waals surface area contributed by atoms with Gasteiger partial charge in [-0.2, -0.15) is 5.10 Å². The number of likely N-dealkylation sites (N-methyl/N-ethyl adjacent to an activating group) is 1. The van der Waals surface area contributed by atoms with Crippen LogP contribution < -0.4 is 10.6 Å². The summed E-state index contributed by atoms with van der Waals surface area (Å²) in [5.41, 5.74) is 2.11. The zero-order chi connectivity index (χ0) is 16.9. The van der Waals surface area contributed by atoms with Crippen LogP contribution in [-0.2, 0) is 18.3 Å². The van der Waals surface area contributed by atoms with Crippen LogP contribution in [0.25, 0.3) is 10.8 Å². The molecule has 1 unspecified atom stereocenters. The van der Waals surface area contributed by atoms with Gasteiger partial charge in [0, 0.05) is 25.4 Å². The summed E-state index contributed by atoms with van der Waals surface area (Å²) in [4.78, 5) is 12.4. The molecule has 0 spiro atoms. The zero-order valence-corrected chi connectivity index (χ0v) is 15.2. The fourth-order valence-corrected chi connectivity index (χ4v) is 2.97. The molecule has 132 valence electrons. The van der Waals surface area contributed by atoms with Gasteiger partial charge in [0.15, 0.2) is 0 Å². The van der Waals surface area contributed by atoms with E-state index in [9.17, 15) is 4.79 Å². The SMILES string of the molecule is CNC(C(=O)NCCc1cccc2ccccc12)c1cnn(C)c1.Cl. The summed E-state index contributed by atoms with van der Waals surface area (Å²) < 4.78 is 1.70. The van der Waals surface area contributed by atoms with Gasteiger partial charge in [0.2, 0.25) is 5.91 Å². The molecule has 0 saturated heterocycles. The van der Waals surface area contributed by atoms with Gasteiger partial charge in [-0.3, -0.25) is 9.48 Å². The molecular weight excluding hydrogens is 336 g/mol. The van der Waals surface area contributed by atoms with E-state index in [1.54, 1.807) is 17.9 Å². The van der Waals surface area contributed by atoms with E-state index in [4.69, 9.17) is 0 Å². The van der Waals surface area contributed by atoms with E-state index in [1.165, 1.54) is 16.3 Å². The fourth-order valence-electron chi connectivity index (χ4n) is 2.97. The topological polar surface area (TPSA) is 59.0 Å². The first-order valence-electron chi connectivity index (χ1n) is 8.09. The van der Waals surface area contributed by atoms with Gasteiger partial charge >= 0.3 is 0 Å². The van der Waals surface area contributed by atoms with Crippen molar-refractivity contribution in [3.8, 4) is 0 Å². The number of nitrogens with zero attached hydrogens (tertiary/aromatic N) is 2. The number of fused-ring (bicyclic) bond motifs is 1. The highest BCUT2D eigenvalue weighted by atomic mass is 35.5. The Morgan fingerprint density at radius 2 is 1.96 bits per heavy atom. The molecule has 2 aromatic carbocycles. The Bertz CT molecular complexity index is 841. The van der Waals surface area contributed by atoms with Gasteiger partial charge in [-0.1, -0.05) is 42.5 Å². The van der Waals surface area contributed by atoms with Crippen molar-refractivity contribution in [3.63, 3.8) is 0 Å².